The maximum absolute atomic E-state index is 11.7. The van der Waals surface area contributed by atoms with Gasteiger partial charge in [0.15, 0.2) is 5.13 Å². The number of aliphatic hydroxyl groups excluding tert-OH is 1. The number of amides is 1. The average Bonchev–Trinajstić information content (AvgIpc) is 2.71. The van der Waals surface area contributed by atoms with Crippen molar-refractivity contribution in [1.82, 2.24) is 10.3 Å². The Kier molecular flexibility index (Phi) is 6.40. The maximum Gasteiger partial charge on any atom is 0.265 e. The Morgan fingerprint density at radius 3 is 3.00 bits per heavy atom. The molecule has 102 valence electrons. The summed E-state index contributed by atoms with van der Waals surface area (Å²) < 4.78 is 4.89. The van der Waals surface area contributed by atoms with Crippen molar-refractivity contribution in [1.29, 1.82) is 0 Å². The number of nitrogens with one attached hydrogen (secondary N) is 2. The fourth-order valence-corrected chi connectivity index (χ4v) is 2.02. The SMILES string of the molecule is COCCNc1nc(N)c(C(=O)NCCCO)s1. The lowest BCUT2D eigenvalue weighted by atomic mass is 10.4. The Labute approximate surface area is 109 Å². The van der Waals surface area contributed by atoms with Crippen molar-refractivity contribution in [2.75, 3.05) is 44.5 Å². The highest BCUT2D eigenvalue weighted by atomic mass is 32.1. The van der Waals surface area contributed by atoms with E-state index in [9.17, 15) is 4.79 Å². The molecule has 0 aliphatic heterocycles. The summed E-state index contributed by atoms with van der Waals surface area (Å²) >= 11 is 1.20. The molecular weight excluding hydrogens is 256 g/mol. The van der Waals surface area contributed by atoms with E-state index >= 15 is 0 Å². The molecule has 0 radical (unpaired) electrons. The number of anilines is 2. The minimum absolute atomic E-state index is 0.0439. The molecule has 0 bridgehead atoms. The molecule has 7 nitrogen and oxygen atoms in total. The van der Waals surface area contributed by atoms with Gasteiger partial charge < -0.3 is 26.2 Å². The van der Waals surface area contributed by atoms with Gasteiger partial charge in [0.2, 0.25) is 0 Å². The van der Waals surface area contributed by atoms with Crippen molar-refractivity contribution in [2.24, 2.45) is 0 Å². The van der Waals surface area contributed by atoms with Crippen molar-refractivity contribution in [3.63, 3.8) is 0 Å². The highest BCUT2D eigenvalue weighted by molar-refractivity contribution is 7.18. The number of hydrogen-bond acceptors (Lipinski definition) is 7. The summed E-state index contributed by atoms with van der Waals surface area (Å²) in [5, 5.41) is 14.9. The van der Waals surface area contributed by atoms with Gasteiger partial charge >= 0.3 is 0 Å². The second kappa shape index (κ2) is 7.85. The lowest BCUT2D eigenvalue weighted by Crippen LogP contribution is -2.24. The van der Waals surface area contributed by atoms with E-state index in [2.05, 4.69) is 15.6 Å². The smallest absolute Gasteiger partial charge is 0.265 e. The van der Waals surface area contributed by atoms with Crippen LogP contribution < -0.4 is 16.4 Å². The number of carbonyl (C=O) groups is 1. The molecule has 0 aliphatic rings. The van der Waals surface area contributed by atoms with Crippen molar-refractivity contribution in [2.45, 2.75) is 6.42 Å². The van der Waals surface area contributed by atoms with Crippen LogP contribution in [0, 0.1) is 0 Å². The number of thiazole rings is 1. The van der Waals surface area contributed by atoms with Gasteiger partial charge in [-0.2, -0.15) is 0 Å². The summed E-state index contributed by atoms with van der Waals surface area (Å²) in [4.78, 5) is 16.2. The van der Waals surface area contributed by atoms with E-state index in [0.717, 1.165) is 0 Å². The minimum Gasteiger partial charge on any atom is -0.396 e. The minimum atomic E-state index is -0.266. The van der Waals surface area contributed by atoms with E-state index in [1.807, 2.05) is 0 Å². The van der Waals surface area contributed by atoms with Crippen LogP contribution in [0.25, 0.3) is 0 Å². The number of rotatable bonds is 8. The van der Waals surface area contributed by atoms with E-state index < -0.39 is 0 Å². The summed E-state index contributed by atoms with van der Waals surface area (Å²) in [6.07, 6.45) is 0.517. The van der Waals surface area contributed by atoms with Crippen molar-refractivity contribution >= 4 is 28.2 Å². The molecule has 0 unspecified atom stereocenters. The zero-order valence-corrected chi connectivity index (χ0v) is 11.0. The Morgan fingerprint density at radius 2 is 2.33 bits per heavy atom. The molecule has 0 spiro atoms. The second-order valence-corrected chi connectivity index (χ2v) is 4.49. The van der Waals surface area contributed by atoms with Crippen molar-refractivity contribution in [3.05, 3.63) is 4.88 Å². The van der Waals surface area contributed by atoms with Crippen LogP contribution in [0.1, 0.15) is 16.1 Å². The molecule has 0 fully saturated rings. The molecule has 1 aromatic rings. The van der Waals surface area contributed by atoms with Gasteiger partial charge in [0, 0.05) is 26.8 Å². The first-order valence-corrected chi connectivity index (χ1v) is 6.39. The Morgan fingerprint density at radius 1 is 1.56 bits per heavy atom. The third-order valence-electron chi connectivity index (χ3n) is 2.06. The van der Waals surface area contributed by atoms with E-state index in [0.29, 0.717) is 36.1 Å². The molecule has 0 atom stereocenters. The van der Waals surface area contributed by atoms with Gasteiger partial charge in [-0.15, -0.1) is 0 Å². The summed E-state index contributed by atoms with van der Waals surface area (Å²) in [6, 6.07) is 0. The van der Waals surface area contributed by atoms with Gasteiger partial charge in [0.25, 0.3) is 5.91 Å². The highest BCUT2D eigenvalue weighted by Crippen LogP contribution is 2.24. The third kappa shape index (κ3) is 4.47. The summed E-state index contributed by atoms with van der Waals surface area (Å²) in [5.41, 5.74) is 5.67. The Hall–Kier alpha value is -1.38. The molecule has 18 heavy (non-hydrogen) atoms. The number of aromatic nitrogens is 1. The van der Waals surface area contributed by atoms with Gasteiger partial charge in [-0.1, -0.05) is 11.3 Å². The quantitative estimate of drug-likeness (QED) is 0.493. The van der Waals surface area contributed by atoms with Crippen molar-refractivity contribution in [3.8, 4) is 0 Å². The van der Waals surface area contributed by atoms with E-state index in [1.54, 1.807) is 7.11 Å². The number of nitrogen functional groups attached to an aromatic ring is 1. The molecule has 1 heterocycles. The van der Waals surface area contributed by atoms with E-state index in [-0.39, 0.29) is 18.3 Å². The second-order valence-electron chi connectivity index (χ2n) is 3.49. The number of hydrogen-bond donors (Lipinski definition) is 4. The topological polar surface area (TPSA) is 110 Å². The fraction of sp³-hybridized carbons (Fsp3) is 0.600. The molecule has 1 rings (SSSR count). The molecule has 8 heteroatoms. The van der Waals surface area contributed by atoms with Gasteiger partial charge in [0.05, 0.1) is 6.61 Å². The van der Waals surface area contributed by atoms with Gasteiger partial charge in [-0.3, -0.25) is 4.79 Å². The standard InChI is InChI=1S/C10H18N4O3S/c1-17-6-4-13-10-14-8(11)7(18-10)9(16)12-3-2-5-15/h15H,2-6,11H2,1H3,(H,12,16)(H,13,14). The third-order valence-corrected chi connectivity index (χ3v) is 3.09. The highest BCUT2D eigenvalue weighted by Gasteiger charge is 2.15. The average molecular weight is 274 g/mol. The molecule has 5 N–H and O–H groups in total. The maximum atomic E-state index is 11.7. The number of carbonyl (C=O) groups excluding carboxylic acids is 1. The zero-order chi connectivity index (χ0) is 13.4. The molecular formula is C10H18N4O3S. The number of nitrogens with two attached hydrogens (primary N) is 1. The number of nitrogens with zero attached hydrogens (tertiary/aromatic N) is 1. The van der Waals surface area contributed by atoms with Crippen LogP contribution in [0.3, 0.4) is 0 Å². The fourth-order valence-electron chi connectivity index (χ4n) is 1.19. The predicted molar refractivity (Wildman–Crippen MR) is 70.9 cm³/mol. The number of ether oxygens (including phenoxy) is 1. The lowest BCUT2D eigenvalue weighted by molar-refractivity contribution is 0.0956. The van der Waals surface area contributed by atoms with Crippen LogP contribution in [-0.4, -0.2) is 49.4 Å². The first-order valence-electron chi connectivity index (χ1n) is 5.57. The largest absolute Gasteiger partial charge is 0.396 e. The molecule has 0 aliphatic carbocycles. The van der Waals surface area contributed by atoms with Crippen LogP contribution in [0.5, 0.6) is 0 Å². The predicted octanol–water partition coefficient (Wildman–Crippen LogP) is -0.104. The number of methoxy groups -OCH3 is 1. The zero-order valence-electron chi connectivity index (χ0n) is 10.2. The van der Waals surface area contributed by atoms with Crippen LogP contribution >= 0.6 is 11.3 Å². The van der Waals surface area contributed by atoms with Crippen molar-refractivity contribution < 1.29 is 14.6 Å². The first-order chi connectivity index (χ1) is 8.69. The summed E-state index contributed by atoms with van der Waals surface area (Å²) in [5.74, 6) is -0.0559. The Bertz CT molecular complexity index is 383. The Balaban J connectivity index is 2.52. The van der Waals surface area contributed by atoms with E-state index in [4.69, 9.17) is 15.6 Å². The lowest BCUT2D eigenvalue weighted by Gasteiger charge is -2.01. The summed E-state index contributed by atoms with van der Waals surface area (Å²) in [6.45, 7) is 1.62. The van der Waals surface area contributed by atoms with Gasteiger partial charge in [-0.05, 0) is 6.42 Å². The van der Waals surface area contributed by atoms with Crippen LogP contribution in [-0.2, 0) is 4.74 Å². The molecule has 0 saturated carbocycles. The summed E-state index contributed by atoms with van der Waals surface area (Å²) in [7, 11) is 1.61. The first kappa shape index (κ1) is 14.7. The molecule has 1 amide bonds. The molecule has 1 aromatic heterocycles. The molecule has 0 saturated heterocycles. The molecule has 0 aromatic carbocycles. The van der Waals surface area contributed by atoms with Gasteiger partial charge in [-0.25, -0.2) is 4.98 Å². The normalized spacial score (nSPS) is 10.3. The number of aliphatic hydroxyl groups is 1. The van der Waals surface area contributed by atoms with Gasteiger partial charge in [0.1, 0.15) is 10.7 Å². The van der Waals surface area contributed by atoms with Crippen LogP contribution in [0.2, 0.25) is 0 Å². The van der Waals surface area contributed by atoms with Crippen LogP contribution in [0.15, 0.2) is 0 Å². The van der Waals surface area contributed by atoms with E-state index in [1.165, 1.54) is 11.3 Å². The van der Waals surface area contributed by atoms with Crippen LogP contribution in [0.4, 0.5) is 10.9 Å². The monoisotopic (exact) mass is 274 g/mol.